The lowest BCUT2D eigenvalue weighted by atomic mass is 9.63. The Bertz CT molecular complexity index is 617. The van der Waals surface area contributed by atoms with Crippen LogP contribution in [0.2, 0.25) is 0 Å². The van der Waals surface area contributed by atoms with Gasteiger partial charge in [-0.3, -0.25) is 9.59 Å². The molecule has 2 aliphatic carbocycles. The van der Waals surface area contributed by atoms with E-state index in [4.69, 9.17) is 4.74 Å². The molecule has 1 heterocycles. The third kappa shape index (κ3) is 3.16. The molecule has 3 aliphatic rings. The minimum atomic E-state index is -0.225. The van der Waals surface area contributed by atoms with E-state index in [0.717, 1.165) is 44.9 Å². The lowest BCUT2D eigenvalue weighted by Gasteiger charge is -2.44. The van der Waals surface area contributed by atoms with Crippen molar-refractivity contribution < 1.29 is 14.3 Å². The largest absolute Gasteiger partial charge is 0.458 e. The first-order chi connectivity index (χ1) is 12.1. The molecule has 0 bridgehead atoms. The van der Waals surface area contributed by atoms with Gasteiger partial charge in [-0.15, -0.1) is 0 Å². The molecule has 0 N–H and O–H groups in total. The zero-order chi connectivity index (χ0) is 19.2. The Morgan fingerprint density at radius 1 is 1.15 bits per heavy atom. The summed E-state index contributed by atoms with van der Waals surface area (Å²) < 4.78 is 5.94. The molecule has 146 valence electrons. The van der Waals surface area contributed by atoms with Crippen LogP contribution >= 0.6 is 0 Å². The highest BCUT2D eigenvalue weighted by molar-refractivity contribution is 5.91. The maximum atomic E-state index is 11.9. The molecule has 1 aliphatic heterocycles. The fourth-order valence-electron chi connectivity index (χ4n) is 6.08. The molecule has 1 spiro atoms. The second-order valence-electron chi connectivity index (χ2n) is 9.92. The Labute approximate surface area is 158 Å². The van der Waals surface area contributed by atoms with Gasteiger partial charge in [0, 0.05) is 18.3 Å². The Kier molecular flexibility index (Phi) is 5.13. The zero-order valence-corrected chi connectivity index (χ0v) is 17.3. The third-order valence-electron chi connectivity index (χ3n) is 8.25. The van der Waals surface area contributed by atoms with Crippen LogP contribution in [-0.2, 0) is 14.3 Å². The third-order valence-corrected chi connectivity index (χ3v) is 8.25. The average molecular weight is 361 g/mol. The van der Waals surface area contributed by atoms with E-state index in [1.807, 2.05) is 6.08 Å². The first-order valence-corrected chi connectivity index (χ1v) is 10.6. The molecular formula is C23H36O3. The quantitative estimate of drug-likeness (QED) is 0.598. The highest BCUT2D eigenvalue weighted by Crippen LogP contribution is 2.61. The van der Waals surface area contributed by atoms with Crippen LogP contribution in [0.1, 0.15) is 92.4 Å². The molecule has 4 atom stereocenters. The van der Waals surface area contributed by atoms with E-state index in [9.17, 15) is 9.59 Å². The number of allylic oxidation sites excluding steroid dienone is 2. The number of hydrogen-bond acceptors (Lipinski definition) is 3. The number of rotatable bonds is 5. The number of hydrogen-bond donors (Lipinski definition) is 0. The smallest absolute Gasteiger partial charge is 0.306 e. The minimum absolute atomic E-state index is 0.00870. The summed E-state index contributed by atoms with van der Waals surface area (Å²) >= 11 is 0. The predicted octanol–water partition coefficient (Wildman–Crippen LogP) is 5.62. The number of carbonyl (C=O) groups excluding carboxylic acids is 2. The molecule has 26 heavy (non-hydrogen) atoms. The molecule has 1 saturated carbocycles. The van der Waals surface area contributed by atoms with Crippen LogP contribution in [0.4, 0.5) is 0 Å². The van der Waals surface area contributed by atoms with Crippen LogP contribution in [0, 0.1) is 22.7 Å². The standard InChI is InChI=1S/C23H36O3/c1-6-22(5)19(10-13-23(22)14-11-20(25)26-23)16(2)7-8-17-15-18(24)9-12-21(17,3)4/h15-16,19H,6-14H2,1-5H3/t16?,19?,22-,23+/m0/s1. The van der Waals surface area contributed by atoms with Gasteiger partial charge in [0.05, 0.1) is 0 Å². The lowest BCUT2D eigenvalue weighted by Crippen LogP contribution is -2.46. The molecule has 3 heteroatoms. The van der Waals surface area contributed by atoms with Crippen molar-refractivity contribution in [1.29, 1.82) is 0 Å². The summed E-state index contributed by atoms with van der Waals surface area (Å²) in [7, 11) is 0. The molecule has 1 saturated heterocycles. The van der Waals surface area contributed by atoms with E-state index in [1.165, 1.54) is 5.57 Å². The Hall–Kier alpha value is -1.12. The Morgan fingerprint density at radius 2 is 1.88 bits per heavy atom. The van der Waals surface area contributed by atoms with E-state index >= 15 is 0 Å². The van der Waals surface area contributed by atoms with Gasteiger partial charge in [-0.1, -0.05) is 40.2 Å². The molecule has 0 amide bonds. The SMILES string of the molecule is CC[C@@]1(C)C(C(C)CCC2=CC(=O)CCC2(C)C)CC[C@@]12CCC(=O)O2. The summed E-state index contributed by atoms with van der Waals surface area (Å²) in [6.45, 7) is 11.5. The van der Waals surface area contributed by atoms with Crippen molar-refractivity contribution in [2.45, 2.75) is 98.0 Å². The van der Waals surface area contributed by atoms with Gasteiger partial charge < -0.3 is 4.74 Å². The maximum Gasteiger partial charge on any atom is 0.306 e. The molecule has 3 rings (SSSR count). The van der Waals surface area contributed by atoms with Crippen LogP contribution in [0.3, 0.4) is 0 Å². The fourth-order valence-corrected chi connectivity index (χ4v) is 6.08. The molecule has 0 aromatic carbocycles. The Morgan fingerprint density at radius 3 is 2.50 bits per heavy atom. The summed E-state index contributed by atoms with van der Waals surface area (Å²) in [4.78, 5) is 23.7. The fraction of sp³-hybridized carbons (Fsp3) is 0.826. The topological polar surface area (TPSA) is 43.4 Å². The molecule has 0 aromatic rings. The molecule has 0 aromatic heterocycles. The van der Waals surface area contributed by atoms with Gasteiger partial charge in [0.25, 0.3) is 0 Å². The van der Waals surface area contributed by atoms with Crippen LogP contribution in [-0.4, -0.2) is 17.4 Å². The zero-order valence-electron chi connectivity index (χ0n) is 17.3. The molecular weight excluding hydrogens is 324 g/mol. The van der Waals surface area contributed by atoms with Gasteiger partial charge >= 0.3 is 5.97 Å². The van der Waals surface area contributed by atoms with E-state index in [1.54, 1.807) is 0 Å². The van der Waals surface area contributed by atoms with Gasteiger partial charge in [0.15, 0.2) is 5.78 Å². The number of ether oxygens (including phenoxy) is 1. The van der Waals surface area contributed by atoms with Crippen molar-refractivity contribution >= 4 is 11.8 Å². The molecule has 2 fully saturated rings. The maximum absolute atomic E-state index is 11.9. The number of ketones is 1. The van der Waals surface area contributed by atoms with E-state index in [0.29, 0.717) is 30.5 Å². The minimum Gasteiger partial charge on any atom is -0.458 e. The van der Waals surface area contributed by atoms with Gasteiger partial charge in [0.2, 0.25) is 0 Å². The van der Waals surface area contributed by atoms with Crippen LogP contribution in [0.15, 0.2) is 11.6 Å². The highest BCUT2D eigenvalue weighted by Gasteiger charge is 2.61. The normalized spacial score (nSPS) is 37.7. The summed E-state index contributed by atoms with van der Waals surface area (Å²) in [5.41, 5.74) is 1.33. The van der Waals surface area contributed by atoms with Crippen LogP contribution in [0.5, 0.6) is 0 Å². The van der Waals surface area contributed by atoms with Crippen molar-refractivity contribution in [3.8, 4) is 0 Å². The van der Waals surface area contributed by atoms with Crippen molar-refractivity contribution in [2.75, 3.05) is 0 Å². The van der Waals surface area contributed by atoms with Crippen molar-refractivity contribution in [3.05, 3.63) is 11.6 Å². The molecule has 0 radical (unpaired) electrons. The monoisotopic (exact) mass is 360 g/mol. The Balaban J connectivity index is 1.71. The first-order valence-electron chi connectivity index (χ1n) is 10.6. The summed E-state index contributed by atoms with van der Waals surface area (Å²) in [6, 6.07) is 0. The predicted molar refractivity (Wildman–Crippen MR) is 104 cm³/mol. The van der Waals surface area contributed by atoms with Crippen LogP contribution < -0.4 is 0 Å². The average Bonchev–Trinajstić information content (AvgIpc) is 3.10. The van der Waals surface area contributed by atoms with Gasteiger partial charge in [-0.05, 0) is 68.3 Å². The lowest BCUT2D eigenvalue weighted by molar-refractivity contribution is -0.160. The van der Waals surface area contributed by atoms with Crippen molar-refractivity contribution in [1.82, 2.24) is 0 Å². The second-order valence-corrected chi connectivity index (χ2v) is 9.92. The van der Waals surface area contributed by atoms with Crippen molar-refractivity contribution in [2.24, 2.45) is 22.7 Å². The highest BCUT2D eigenvalue weighted by atomic mass is 16.6. The molecule has 2 unspecified atom stereocenters. The summed E-state index contributed by atoms with van der Waals surface area (Å²) in [6.07, 6.45) is 10.4. The second kappa shape index (κ2) is 6.80. The van der Waals surface area contributed by atoms with Gasteiger partial charge in [-0.2, -0.15) is 0 Å². The summed E-state index contributed by atoms with van der Waals surface area (Å²) in [5.74, 6) is 1.45. The number of esters is 1. The van der Waals surface area contributed by atoms with Gasteiger partial charge in [0.1, 0.15) is 5.60 Å². The molecule has 3 nitrogen and oxygen atoms in total. The van der Waals surface area contributed by atoms with Crippen molar-refractivity contribution in [3.63, 3.8) is 0 Å². The van der Waals surface area contributed by atoms with E-state index < -0.39 is 0 Å². The first kappa shape index (κ1) is 19.6. The van der Waals surface area contributed by atoms with Gasteiger partial charge in [-0.25, -0.2) is 0 Å². The van der Waals surface area contributed by atoms with E-state index in [-0.39, 0.29) is 22.4 Å². The van der Waals surface area contributed by atoms with Crippen LogP contribution in [0.25, 0.3) is 0 Å². The number of carbonyl (C=O) groups is 2. The summed E-state index contributed by atoms with van der Waals surface area (Å²) in [5, 5.41) is 0. The van der Waals surface area contributed by atoms with E-state index in [2.05, 4.69) is 34.6 Å².